The van der Waals surface area contributed by atoms with Crippen LogP contribution < -0.4 is 9.38 Å². The van der Waals surface area contributed by atoms with E-state index in [4.69, 9.17) is 0 Å². The van der Waals surface area contributed by atoms with Gasteiger partial charge in [-0.15, -0.1) is 0 Å². The van der Waals surface area contributed by atoms with Gasteiger partial charge in [-0.1, -0.05) is 30.3 Å². The molecule has 0 saturated heterocycles. The van der Waals surface area contributed by atoms with Gasteiger partial charge in [0.15, 0.2) is 11.4 Å². The molecule has 0 amide bonds. The molecule has 1 heterocycles. The zero-order chi connectivity index (χ0) is 16.1. The molecule has 2 nitrogen and oxygen atoms in total. The van der Waals surface area contributed by atoms with E-state index in [0.717, 1.165) is 4.48 Å². The van der Waals surface area contributed by atoms with Crippen LogP contribution in [0.4, 0.5) is 17.1 Å². The smallest absolute Gasteiger partial charge is 0.178 e. The molecule has 0 bridgehead atoms. The standard InChI is InChI=1S/C20H27N2/c1-15(2)22(6)19-14-10-9-13-18(19)21(20(22,4)5)17-12-8-7-11-16(17)3/h7-15H,1-6H3/q+1. The Morgan fingerprint density at radius 2 is 1.45 bits per heavy atom. The molecular formula is C20H27N2+. The first-order chi connectivity index (χ1) is 10.3. The predicted molar refractivity (Wildman–Crippen MR) is 96.7 cm³/mol. The molecule has 2 aromatic carbocycles. The van der Waals surface area contributed by atoms with E-state index in [1.54, 1.807) is 0 Å². The van der Waals surface area contributed by atoms with E-state index >= 15 is 0 Å². The van der Waals surface area contributed by atoms with Gasteiger partial charge < -0.3 is 0 Å². The fourth-order valence-corrected chi connectivity index (χ4v) is 3.99. The van der Waals surface area contributed by atoms with Crippen molar-refractivity contribution in [2.75, 3.05) is 11.9 Å². The summed E-state index contributed by atoms with van der Waals surface area (Å²) in [7, 11) is 2.36. The SMILES string of the molecule is Cc1ccccc1N1c2ccccc2[N+](C)(C(C)C)C1(C)C. The van der Waals surface area contributed by atoms with Crippen LogP contribution in [-0.4, -0.2) is 18.8 Å². The number of quaternary nitrogens is 1. The summed E-state index contributed by atoms with van der Waals surface area (Å²) in [5.74, 6) is 0. The Kier molecular flexibility index (Phi) is 3.33. The van der Waals surface area contributed by atoms with Crippen molar-refractivity contribution in [3.05, 3.63) is 54.1 Å². The lowest BCUT2D eigenvalue weighted by atomic mass is 10.0. The van der Waals surface area contributed by atoms with E-state index in [1.807, 2.05) is 0 Å². The summed E-state index contributed by atoms with van der Waals surface area (Å²) in [6.45, 7) is 11.6. The largest absolute Gasteiger partial charge is 0.283 e. The number of para-hydroxylation sites is 3. The van der Waals surface area contributed by atoms with Crippen molar-refractivity contribution in [3.63, 3.8) is 0 Å². The van der Waals surface area contributed by atoms with Crippen LogP contribution in [0.1, 0.15) is 33.3 Å². The van der Waals surface area contributed by atoms with E-state index in [0.29, 0.717) is 6.04 Å². The Labute approximate surface area is 134 Å². The molecule has 0 spiro atoms. The number of aryl methyl sites for hydroxylation is 1. The van der Waals surface area contributed by atoms with Crippen LogP contribution in [0.25, 0.3) is 0 Å². The third kappa shape index (κ3) is 1.77. The maximum atomic E-state index is 2.53. The van der Waals surface area contributed by atoms with Gasteiger partial charge in [0.1, 0.15) is 5.69 Å². The number of hydrogen-bond donors (Lipinski definition) is 0. The van der Waals surface area contributed by atoms with Crippen molar-refractivity contribution >= 4 is 17.1 Å². The summed E-state index contributed by atoms with van der Waals surface area (Å²) in [6, 6.07) is 18.1. The van der Waals surface area contributed by atoms with Gasteiger partial charge in [0.25, 0.3) is 0 Å². The summed E-state index contributed by atoms with van der Waals surface area (Å²) < 4.78 is 0.914. The minimum Gasteiger partial charge on any atom is -0.283 e. The first-order valence-corrected chi connectivity index (χ1v) is 8.13. The highest BCUT2D eigenvalue weighted by molar-refractivity contribution is 5.84. The van der Waals surface area contributed by atoms with Crippen molar-refractivity contribution in [1.29, 1.82) is 0 Å². The Balaban J connectivity index is 2.31. The molecule has 1 unspecified atom stereocenters. The highest BCUT2D eigenvalue weighted by atomic mass is 15.6. The van der Waals surface area contributed by atoms with Crippen LogP contribution in [0, 0.1) is 6.92 Å². The fourth-order valence-electron chi connectivity index (χ4n) is 3.99. The van der Waals surface area contributed by atoms with E-state index in [9.17, 15) is 0 Å². The third-order valence-corrected chi connectivity index (χ3v) is 5.70. The Hall–Kier alpha value is -1.80. The number of rotatable bonds is 2. The Morgan fingerprint density at radius 1 is 0.909 bits per heavy atom. The zero-order valence-electron chi connectivity index (χ0n) is 14.6. The lowest BCUT2D eigenvalue weighted by Gasteiger charge is -2.48. The number of anilines is 2. The predicted octanol–water partition coefficient (Wildman–Crippen LogP) is 5.23. The van der Waals surface area contributed by atoms with Crippen LogP contribution in [0.3, 0.4) is 0 Å². The molecule has 1 aliphatic heterocycles. The Bertz CT molecular complexity index is 702. The Morgan fingerprint density at radius 3 is 2.05 bits per heavy atom. The molecule has 2 heteroatoms. The van der Waals surface area contributed by atoms with E-state index in [-0.39, 0.29) is 5.66 Å². The van der Waals surface area contributed by atoms with Gasteiger partial charge in [-0.25, -0.2) is 0 Å². The molecular weight excluding hydrogens is 268 g/mol. The van der Waals surface area contributed by atoms with Crippen molar-refractivity contribution in [1.82, 2.24) is 4.48 Å². The molecule has 0 fully saturated rings. The molecule has 0 saturated carbocycles. The highest BCUT2D eigenvalue weighted by Gasteiger charge is 2.56. The van der Waals surface area contributed by atoms with Gasteiger partial charge in [-0.3, -0.25) is 9.38 Å². The zero-order valence-corrected chi connectivity index (χ0v) is 14.6. The molecule has 1 aliphatic rings. The van der Waals surface area contributed by atoms with Crippen molar-refractivity contribution < 1.29 is 0 Å². The molecule has 116 valence electrons. The van der Waals surface area contributed by atoms with Gasteiger partial charge in [-0.2, -0.15) is 0 Å². The normalized spacial score (nSPS) is 23.0. The summed E-state index contributed by atoms with van der Waals surface area (Å²) in [5.41, 5.74) is 5.33. The lowest BCUT2D eigenvalue weighted by Crippen LogP contribution is -2.66. The average Bonchev–Trinajstić information content (AvgIpc) is 2.66. The summed E-state index contributed by atoms with van der Waals surface area (Å²) in [6.07, 6.45) is 0. The van der Waals surface area contributed by atoms with Gasteiger partial charge in [0.2, 0.25) is 0 Å². The van der Waals surface area contributed by atoms with Gasteiger partial charge in [0.05, 0.1) is 18.8 Å². The third-order valence-electron chi connectivity index (χ3n) is 5.70. The minimum atomic E-state index is -0.0377. The molecule has 0 radical (unpaired) electrons. The quantitative estimate of drug-likeness (QED) is 0.686. The molecule has 22 heavy (non-hydrogen) atoms. The molecule has 0 N–H and O–H groups in total. The first-order valence-electron chi connectivity index (χ1n) is 8.13. The van der Waals surface area contributed by atoms with Gasteiger partial charge >= 0.3 is 0 Å². The second-order valence-electron chi connectivity index (χ2n) is 7.27. The van der Waals surface area contributed by atoms with Crippen molar-refractivity contribution in [3.8, 4) is 0 Å². The molecule has 0 aromatic heterocycles. The summed E-state index contributed by atoms with van der Waals surface area (Å²) >= 11 is 0. The van der Waals surface area contributed by atoms with Crippen molar-refractivity contribution in [2.24, 2.45) is 0 Å². The summed E-state index contributed by atoms with van der Waals surface area (Å²) in [5, 5.41) is 0. The van der Waals surface area contributed by atoms with E-state index in [2.05, 4.69) is 95.1 Å². The van der Waals surface area contributed by atoms with Crippen LogP contribution in [0.2, 0.25) is 0 Å². The number of fused-ring (bicyclic) bond motifs is 1. The van der Waals surface area contributed by atoms with Gasteiger partial charge in [-0.05, 0) is 38.5 Å². The maximum Gasteiger partial charge on any atom is 0.178 e. The van der Waals surface area contributed by atoms with E-state index < -0.39 is 0 Å². The van der Waals surface area contributed by atoms with Crippen LogP contribution in [0.5, 0.6) is 0 Å². The minimum absolute atomic E-state index is 0.0377. The van der Waals surface area contributed by atoms with Crippen LogP contribution >= 0.6 is 0 Å². The number of benzene rings is 2. The van der Waals surface area contributed by atoms with E-state index in [1.165, 1.54) is 22.6 Å². The second kappa shape index (κ2) is 4.85. The highest BCUT2D eigenvalue weighted by Crippen LogP contribution is 2.54. The lowest BCUT2D eigenvalue weighted by molar-refractivity contribution is 0.146. The van der Waals surface area contributed by atoms with Crippen molar-refractivity contribution in [2.45, 2.75) is 46.3 Å². The maximum absolute atomic E-state index is 2.53. The number of hydrogen-bond acceptors (Lipinski definition) is 1. The summed E-state index contributed by atoms with van der Waals surface area (Å²) in [4.78, 5) is 2.53. The molecule has 0 aliphatic carbocycles. The molecule has 1 atom stereocenters. The van der Waals surface area contributed by atoms with Gasteiger partial charge in [0, 0.05) is 19.9 Å². The van der Waals surface area contributed by atoms with Crippen LogP contribution in [0.15, 0.2) is 48.5 Å². The fraction of sp³-hybridized carbons (Fsp3) is 0.400. The second-order valence-corrected chi connectivity index (χ2v) is 7.27. The number of nitrogens with zero attached hydrogens (tertiary/aromatic N) is 2. The molecule has 2 aromatic rings. The monoisotopic (exact) mass is 295 g/mol. The topological polar surface area (TPSA) is 3.24 Å². The average molecular weight is 295 g/mol. The van der Waals surface area contributed by atoms with Crippen LogP contribution in [-0.2, 0) is 0 Å². The first kappa shape index (κ1) is 15.1. The molecule has 3 rings (SSSR count).